The van der Waals surface area contributed by atoms with E-state index in [1.54, 1.807) is 0 Å². The maximum atomic E-state index is 12.7. The van der Waals surface area contributed by atoms with Crippen LogP contribution in [0.25, 0.3) is 11.1 Å². The zero-order valence-corrected chi connectivity index (χ0v) is 35.5. The van der Waals surface area contributed by atoms with Gasteiger partial charge in [-0.3, -0.25) is 9.44 Å². The standard InChI is InChI=1S/C24H22N2O10P2S2.4Na/c27-37(28,29)21-9-5-19(6-10-21)25-39(33,34)23-13-1-17(2-14-23)18-3-15-24(16-4-18)40(35,36)26-20-7-11-22(12-8-20)38(30,31)32;;;;/h1-16,25-26H,(H2,27,28,29)(H2,30,31,32);;;;/q;4*+1/p-4. The Bertz CT molecular complexity index is 1710. The van der Waals surface area contributed by atoms with Crippen LogP contribution in [0.3, 0.4) is 0 Å². The second-order valence-electron chi connectivity index (χ2n) is 8.35. The summed E-state index contributed by atoms with van der Waals surface area (Å²) >= 11 is 0. The number of nitrogens with one attached hydrogen (secondary N) is 2. The Morgan fingerprint density at radius 2 is 0.682 bits per heavy atom. The van der Waals surface area contributed by atoms with E-state index in [-0.39, 0.29) is 139 Å². The quantitative estimate of drug-likeness (QED) is 0.123. The summed E-state index contributed by atoms with van der Waals surface area (Å²) in [4.78, 5) is 44.0. The molecule has 44 heavy (non-hydrogen) atoms. The molecule has 0 aliphatic heterocycles. The predicted octanol–water partition coefficient (Wildman–Crippen LogP) is -12.0. The number of rotatable bonds is 9. The van der Waals surface area contributed by atoms with Gasteiger partial charge in [-0.15, -0.1) is 0 Å². The molecule has 0 radical (unpaired) electrons. The molecule has 0 aliphatic rings. The van der Waals surface area contributed by atoms with Crippen LogP contribution in [0.4, 0.5) is 11.4 Å². The van der Waals surface area contributed by atoms with Gasteiger partial charge in [-0.25, -0.2) is 16.8 Å². The van der Waals surface area contributed by atoms with Crippen molar-refractivity contribution in [3.8, 4) is 11.1 Å². The summed E-state index contributed by atoms with van der Waals surface area (Å²) < 4.78 is 77.5. The normalized spacial score (nSPS) is 11.5. The van der Waals surface area contributed by atoms with Crippen LogP contribution >= 0.6 is 15.2 Å². The molecule has 2 N–H and O–H groups in total. The van der Waals surface area contributed by atoms with Gasteiger partial charge in [0.2, 0.25) is 0 Å². The molecule has 0 fully saturated rings. The minimum atomic E-state index is -4.96. The first-order chi connectivity index (χ1) is 18.5. The molecule has 4 aromatic rings. The minimum Gasteiger partial charge on any atom is -0.807 e. The molecule has 0 unspecified atom stereocenters. The number of hydrogen-bond acceptors (Lipinski definition) is 10. The van der Waals surface area contributed by atoms with E-state index in [1.165, 1.54) is 48.5 Å². The summed E-state index contributed by atoms with van der Waals surface area (Å²) in [6, 6.07) is 20.0. The molecule has 0 atom stereocenters. The summed E-state index contributed by atoms with van der Waals surface area (Å²) in [5.74, 6) is 0. The van der Waals surface area contributed by atoms with E-state index in [9.17, 15) is 45.5 Å². The van der Waals surface area contributed by atoms with Gasteiger partial charge in [0.05, 0.1) is 9.79 Å². The van der Waals surface area contributed by atoms with Crippen LogP contribution in [0.5, 0.6) is 0 Å². The monoisotopic (exact) mass is 712 g/mol. The van der Waals surface area contributed by atoms with Gasteiger partial charge in [0.25, 0.3) is 20.0 Å². The number of hydrogen-bond donors (Lipinski definition) is 2. The number of sulfonamides is 2. The van der Waals surface area contributed by atoms with Crippen molar-refractivity contribution < 1.29 is 164 Å². The fourth-order valence-corrected chi connectivity index (χ4v) is 6.65. The smallest absolute Gasteiger partial charge is 0.807 e. The van der Waals surface area contributed by atoms with E-state index in [0.717, 1.165) is 48.5 Å². The second kappa shape index (κ2) is 17.9. The van der Waals surface area contributed by atoms with E-state index >= 15 is 0 Å². The zero-order valence-electron chi connectivity index (χ0n) is 24.0. The van der Waals surface area contributed by atoms with Gasteiger partial charge in [0, 0.05) is 11.4 Å². The number of benzene rings is 4. The summed E-state index contributed by atoms with van der Waals surface area (Å²) in [7, 11) is -18.0. The second-order valence-corrected chi connectivity index (χ2v) is 14.7. The average molecular weight is 712 g/mol. The first-order valence-corrected chi connectivity index (χ1v) is 17.1. The molecule has 4 aromatic carbocycles. The van der Waals surface area contributed by atoms with Crippen molar-refractivity contribution in [1.82, 2.24) is 0 Å². The van der Waals surface area contributed by atoms with Crippen molar-refractivity contribution in [2.45, 2.75) is 9.79 Å². The first-order valence-electron chi connectivity index (χ1n) is 11.1. The third kappa shape index (κ3) is 12.0. The third-order valence-corrected chi connectivity index (χ3v) is 10.2. The van der Waals surface area contributed by atoms with Gasteiger partial charge in [-0.1, -0.05) is 48.5 Å². The van der Waals surface area contributed by atoms with Crippen molar-refractivity contribution >= 4 is 57.2 Å². The van der Waals surface area contributed by atoms with E-state index in [2.05, 4.69) is 9.44 Å². The fourth-order valence-electron chi connectivity index (χ4n) is 3.51. The van der Waals surface area contributed by atoms with Crippen LogP contribution in [0.1, 0.15) is 0 Å². The van der Waals surface area contributed by atoms with Gasteiger partial charge in [-0.2, -0.15) is 0 Å². The Kier molecular flexibility index (Phi) is 18.2. The van der Waals surface area contributed by atoms with Crippen LogP contribution in [0.2, 0.25) is 0 Å². The Hall–Kier alpha value is 0.680. The van der Waals surface area contributed by atoms with Crippen molar-refractivity contribution in [2.24, 2.45) is 0 Å². The molecule has 12 nitrogen and oxygen atoms in total. The Morgan fingerprint density at radius 1 is 0.432 bits per heavy atom. The molecular weight excluding hydrogens is 694 g/mol. The molecule has 0 amide bonds. The van der Waals surface area contributed by atoms with E-state index in [1.807, 2.05) is 0 Å². The molecule has 0 spiro atoms. The first kappa shape index (κ1) is 44.7. The Morgan fingerprint density at radius 3 is 0.909 bits per heavy atom. The Labute approximate surface area is 343 Å². The molecule has 210 valence electrons. The summed E-state index contributed by atoms with van der Waals surface area (Å²) in [6.45, 7) is 0. The van der Waals surface area contributed by atoms with Gasteiger partial charge in [-0.05, 0) is 85.5 Å². The molecule has 4 rings (SSSR count). The van der Waals surface area contributed by atoms with Crippen molar-refractivity contribution in [3.05, 3.63) is 97.1 Å². The Balaban J connectivity index is 0.00000462. The van der Waals surface area contributed by atoms with E-state index < -0.39 is 45.8 Å². The van der Waals surface area contributed by atoms with Crippen LogP contribution in [-0.2, 0) is 29.2 Å². The van der Waals surface area contributed by atoms with Crippen molar-refractivity contribution in [3.63, 3.8) is 0 Å². The summed E-state index contributed by atoms with van der Waals surface area (Å²) in [5, 5.41) is -0.941. The zero-order chi connectivity index (χ0) is 29.3. The van der Waals surface area contributed by atoms with E-state index in [0.29, 0.717) is 11.1 Å². The fraction of sp³-hybridized carbons (Fsp3) is 0. The molecule has 0 bridgehead atoms. The summed E-state index contributed by atoms with van der Waals surface area (Å²) in [6.07, 6.45) is 0. The maximum absolute atomic E-state index is 12.7. The summed E-state index contributed by atoms with van der Waals surface area (Å²) in [5.41, 5.74) is 1.27. The third-order valence-electron chi connectivity index (χ3n) is 5.53. The largest absolute Gasteiger partial charge is 1.00 e. The van der Waals surface area contributed by atoms with Crippen LogP contribution in [-0.4, -0.2) is 16.8 Å². The van der Waals surface area contributed by atoms with Gasteiger partial charge in [0.15, 0.2) is 0 Å². The molecule has 0 saturated carbocycles. The molecular formula is C24H18N2Na4O10P2S2. The van der Waals surface area contributed by atoms with Crippen LogP contribution < -0.4 is 158 Å². The van der Waals surface area contributed by atoms with Crippen LogP contribution in [0.15, 0.2) is 107 Å². The molecule has 0 heterocycles. The van der Waals surface area contributed by atoms with Crippen molar-refractivity contribution in [1.29, 1.82) is 0 Å². The molecule has 20 heteroatoms. The van der Waals surface area contributed by atoms with E-state index in [4.69, 9.17) is 0 Å². The minimum absolute atomic E-state index is 0. The van der Waals surface area contributed by atoms with Crippen LogP contribution in [0, 0.1) is 0 Å². The van der Waals surface area contributed by atoms with Gasteiger partial charge < -0.3 is 28.7 Å². The topological polar surface area (TPSA) is 219 Å². The number of anilines is 2. The van der Waals surface area contributed by atoms with Gasteiger partial charge in [0.1, 0.15) is 0 Å². The SMILES string of the molecule is O=P([O-])([O-])c1ccc(NS(=O)(=O)c2ccc(-c3ccc(S(=O)(=O)Nc4ccc(P(=O)([O-])[O-])cc4)cc3)cc2)cc1.[Na+].[Na+].[Na+].[Na+]. The molecule has 0 aromatic heterocycles. The predicted molar refractivity (Wildman–Crippen MR) is 141 cm³/mol. The molecule has 0 aliphatic carbocycles. The maximum Gasteiger partial charge on any atom is 1.00 e. The van der Waals surface area contributed by atoms with Crippen molar-refractivity contribution in [2.75, 3.05) is 9.44 Å². The molecule has 0 saturated heterocycles. The van der Waals surface area contributed by atoms with Gasteiger partial charge >= 0.3 is 118 Å². The average Bonchev–Trinajstić information content (AvgIpc) is 2.88.